The molecule has 0 atom stereocenters. The number of nitrogens with zero attached hydrogens (tertiary/aromatic N) is 3. The van der Waals surface area contributed by atoms with Gasteiger partial charge in [0.25, 0.3) is 0 Å². The molecule has 1 aliphatic rings. The first-order valence-corrected chi connectivity index (χ1v) is 9.50. The first kappa shape index (κ1) is 16.1. The molecule has 3 aromatic rings. The maximum absolute atomic E-state index is 12.3. The van der Waals surface area contributed by atoms with Gasteiger partial charge in [0.05, 0.1) is 11.3 Å². The van der Waals surface area contributed by atoms with Gasteiger partial charge in [-0.1, -0.05) is 41.6 Å². The first-order valence-electron chi connectivity index (χ1n) is 8.52. The minimum absolute atomic E-state index is 0.194. The Balaban J connectivity index is 1.59. The van der Waals surface area contributed by atoms with Crippen LogP contribution in [0.3, 0.4) is 0 Å². The number of amides is 1. The van der Waals surface area contributed by atoms with Gasteiger partial charge in [0.1, 0.15) is 16.9 Å². The summed E-state index contributed by atoms with van der Waals surface area (Å²) in [7, 11) is 0. The van der Waals surface area contributed by atoms with Crippen LogP contribution in [-0.4, -0.2) is 44.6 Å². The molecule has 0 saturated carbocycles. The van der Waals surface area contributed by atoms with Gasteiger partial charge < -0.3 is 9.88 Å². The SMILES string of the molecule is Cc1cccc(-c2c[nH]c3c(SCC(=O)N4CCCC4)ncnc23)c1. The first-order chi connectivity index (χ1) is 12.2. The van der Waals surface area contributed by atoms with Crippen molar-refractivity contribution in [2.24, 2.45) is 0 Å². The van der Waals surface area contributed by atoms with E-state index in [1.165, 1.54) is 17.3 Å². The highest BCUT2D eigenvalue weighted by molar-refractivity contribution is 8.00. The summed E-state index contributed by atoms with van der Waals surface area (Å²) in [6, 6.07) is 8.36. The summed E-state index contributed by atoms with van der Waals surface area (Å²) in [5.74, 6) is 0.616. The number of fused-ring (bicyclic) bond motifs is 1. The van der Waals surface area contributed by atoms with Crippen LogP contribution in [0.25, 0.3) is 22.2 Å². The van der Waals surface area contributed by atoms with Gasteiger partial charge in [-0.2, -0.15) is 0 Å². The predicted octanol–water partition coefficient (Wildman–Crippen LogP) is 3.65. The van der Waals surface area contributed by atoms with Gasteiger partial charge in [-0.05, 0) is 25.3 Å². The fourth-order valence-electron chi connectivity index (χ4n) is 3.25. The van der Waals surface area contributed by atoms with Gasteiger partial charge in [-0.15, -0.1) is 0 Å². The van der Waals surface area contributed by atoms with Crippen molar-refractivity contribution in [1.29, 1.82) is 0 Å². The molecule has 25 heavy (non-hydrogen) atoms. The molecule has 6 heteroatoms. The number of hydrogen-bond acceptors (Lipinski definition) is 4. The van der Waals surface area contributed by atoms with Gasteiger partial charge >= 0.3 is 0 Å². The van der Waals surface area contributed by atoms with Crippen molar-refractivity contribution in [3.63, 3.8) is 0 Å². The number of hydrogen-bond donors (Lipinski definition) is 1. The summed E-state index contributed by atoms with van der Waals surface area (Å²) in [5, 5.41) is 0.830. The third-order valence-electron chi connectivity index (χ3n) is 4.55. The molecule has 0 bridgehead atoms. The summed E-state index contributed by atoms with van der Waals surface area (Å²) in [4.78, 5) is 26.4. The third-order valence-corrected chi connectivity index (χ3v) is 5.52. The zero-order chi connectivity index (χ0) is 17.2. The smallest absolute Gasteiger partial charge is 0.232 e. The van der Waals surface area contributed by atoms with Crippen LogP contribution in [0.2, 0.25) is 0 Å². The molecule has 1 saturated heterocycles. The number of likely N-dealkylation sites (tertiary alicyclic amines) is 1. The van der Waals surface area contributed by atoms with Crippen LogP contribution in [0.1, 0.15) is 18.4 Å². The number of aromatic nitrogens is 3. The summed E-state index contributed by atoms with van der Waals surface area (Å²) >= 11 is 1.48. The molecule has 0 spiro atoms. The average Bonchev–Trinajstić information content (AvgIpc) is 3.29. The number of rotatable bonds is 4. The molecule has 3 heterocycles. The molecule has 1 aliphatic heterocycles. The fourth-order valence-corrected chi connectivity index (χ4v) is 4.11. The highest BCUT2D eigenvalue weighted by Gasteiger charge is 2.19. The molecule has 128 valence electrons. The van der Waals surface area contributed by atoms with E-state index in [2.05, 4.69) is 46.1 Å². The minimum atomic E-state index is 0.194. The normalized spacial score (nSPS) is 14.4. The lowest BCUT2D eigenvalue weighted by Gasteiger charge is -2.14. The predicted molar refractivity (Wildman–Crippen MR) is 101 cm³/mol. The number of aromatic amines is 1. The van der Waals surface area contributed by atoms with E-state index in [-0.39, 0.29) is 5.91 Å². The second kappa shape index (κ2) is 6.88. The number of benzene rings is 1. The number of thioether (sulfide) groups is 1. The molecule has 0 radical (unpaired) electrons. The van der Waals surface area contributed by atoms with E-state index < -0.39 is 0 Å². The van der Waals surface area contributed by atoms with Crippen LogP contribution < -0.4 is 0 Å². The van der Waals surface area contributed by atoms with Crippen molar-refractivity contribution in [2.75, 3.05) is 18.8 Å². The van der Waals surface area contributed by atoms with Gasteiger partial charge in [0.2, 0.25) is 5.91 Å². The summed E-state index contributed by atoms with van der Waals surface area (Å²) in [6.07, 6.45) is 5.79. The van der Waals surface area contributed by atoms with Crippen LogP contribution >= 0.6 is 11.8 Å². The Morgan fingerprint density at radius 1 is 1.28 bits per heavy atom. The van der Waals surface area contributed by atoms with E-state index in [1.54, 1.807) is 6.33 Å². The van der Waals surface area contributed by atoms with Crippen molar-refractivity contribution in [3.05, 3.63) is 42.4 Å². The van der Waals surface area contributed by atoms with Crippen molar-refractivity contribution in [1.82, 2.24) is 19.9 Å². The van der Waals surface area contributed by atoms with Crippen LogP contribution in [0, 0.1) is 6.92 Å². The topological polar surface area (TPSA) is 61.9 Å². The fraction of sp³-hybridized carbons (Fsp3) is 0.316. The molecule has 1 N–H and O–H groups in total. The molecule has 4 rings (SSSR count). The van der Waals surface area contributed by atoms with Crippen LogP contribution in [0.15, 0.2) is 41.8 Å². The Bertz CT molecular complexity index is 915. The van der Waals surface area contributed by atoms with E-state index in [0.717, 1.165) is 53.1 Å². The van der Waals surface area contributed by atoms with Crippen molar-refractivity contribution in [3.8, 4) is 11.1 Å². The van der Waals surface area contributed by atoms with Crippen molar-refractivity contribution >= 4 is 28.7 Å². The van der Waals surface area contributed by atoms with E-state index >= 15 is 0 Å². The van der Waals surface area contributed by atoms with Gasteiger partial charge in [-0.3, -0.25) is 4.79 Å². The van der Waals surface area contributed by atoms with E-state index in [4.69, 9.17) is 0 Å². The number of aryl methyl sites for hydroxylation is 1. The van der Waals surface area contributed by atoms with Crippen LogP contribution in [-0.2, 0) is 4.79 Å². The standard InChI is InChI=1S/C19H20N4OS/c1-13-5-4-6-14(9-13)15-10-20-18-17(15)21-12-22-19(18)25-11-16(24)23-7-2-3-8-23/h4-6,9-10,12,20H,2-3,7-8,11H2,1H3. The van der Waals surface area contributed by atoms with Crippen LogP contribution in [0.4, 0.5) is 0 Å². The van der Waals surface area contributed by atoms with Crippen molar-refractivity contribution in [2.45, 2.75) is 24.8 Å². The summed E-state index contributed by atoms with van der Waals surface area (Å²) < 4.78 is 0. The lowest BCUT2D eigenvalue weighted by molar-refractivity contribution is -0.127. The minimum Gasteiger partial charge on any atom is -0.357 e. The largest absolute Gasteiger partial charge is 0.357 e. The van der Waals surface area contributed by atoms with Crippen molar-refractivity contribution < 1.29 is 4.79 Å². The Labute approximate surface area is 150 Å². The van der Waals surface area contributed by atoms with E-state index in [1.807, 2.05) is 11.1 Å². The zero-order valence-electron chi connectivity index (χ0n) is 14.2. The summed E-state index contributed by atoms with van der Waals surface area (Å²) in [6.45, 7) is 3.86. The van der Waals surface area contributed by atoms with Crippen LogP contribution in [0.5, 0.6) is 0 Å². The highest BCUT2D eigenvalue weighted by Crippen LogP contribution is 2.31. The number of H-pyrrole nitrogens is 1. The van der Waals surface area contributed by atoms with E-state index in [0.29, 0.717) is 5.75 Å². The van der Waals surface area contributed by atoms with E-state index in [9.17, 15) is 4.79 Å². The molecule has 2 aromatic heterocycles. The highest BCUT2D eigenvalue weighted by atomic mass is 32.2. The molecule has 0 aliphatic carbocycles. The average molecular weight is 352 g/mol. The number of carbonyl (C=O) groups is 1. The molecular weight excluding hydrogens is 332 g/mol. The quantitative estimate of drug-likeness (QED) is 0.575. The Hall–Kier alpha value is -2.34. The maximum Gasteiger partial charge on any atom is 0.232 e. The summed E-state index contributed by atoms with van der Waals surface area (Å²) in [5.41, 5.74) is 5.21. The second-order valence-corrected chi connectivity index (χ2v) is 7.31. The maximum atomic E-state index is 12.3. The Morgan fingerprint density at radius 2 is 2.12 bits per heavy atom. The molecule has 0 unspecified atom stereocenters. The molecule has 5 nitrogen and oxygen atoms in total. The zero-order valence-corrected chi connectivity index (χ0v) is 15.0. The van der Waals surface area contributed by atoms with Gasteiger partial charge in [0, 0.05) is 24.8 Å². The molecular formula is C19H20N4OS. The molecule has 1 fully saturated rings. The number of nitrogens with one attached hydrogen (secondary N) is 1. The lowest BCUT2D eigenvalue weighted by atomic mass is 10.1. The second-order valence-electron chi connectivity index (χ2n) is 6.35. The van der Waals surface area contributed by atoms with Gasteiger partial charge in [0.15, 0.2) is 0 Å². The molecule has 1 aromatic carbocycles. The van der Waals surface area contributed by atoms with Gasteiger partial charge in [-0.25, -0.2) is 9.97 Å². The lowest BCUT2D eigenvalue weighted by Crippen LogP contribution is -2.29. The third kappa shape index (κ3) is 3.26. The Kier molecular flexibility index (Phi) is 4.44. The Morgan fingerprint density at radius 3 is 2.92 bits per heavy atom. The monoisotopic (exact) mass is 352 g/mol. The number of carbonyl (C=O) groups excluding carboxylic acids is 1. The molecule has 1 amide bonds.